The maximum Gasteiger partial charge on any atom is 0 e. The van der Waals surface area contributed by atoms with E-state index in [1.807, 2.05) is 0 Å². The normalized spacial score (nSPS) is 9.00. The molecule has 0 saturated heterocycles. The first kappa shape index (κ1) is 20.3. The second-order valence-electron chi connectivity index (χ2n) is 3.68. The fourth-order valence-corrected chi connectivity index (χ4v) is 1.49. The Bertz CT molecular complexity index is 66.7. The van der Waals surface area contributed by atoms with Gasteiger partial charge in [0, 0.05) is 19.5 Å². The standard InChI is InChI=1S/C12H25.ClH.Zn/c1-3-5-7-9-11-12-10-8-6-4-2;;/h1,3-12H2,2H3;1H;/p-1. The van der Waals surface area contributed by atoms with E-state index in [-0.39, 0.29) is 31.9 Å². The summed E-state index contributed by atoms with van der Waals surface area (Å²) < 4.78 is 0. The summed E-state index contributed by atoms with van der Waals surface area (Å²) >= 11 is 0. The van der Waals surface area contributed by atoms with Crippen molar-refractivity contribution in [1.29, 1.82) is 0 Å². The molecule has 0 rings (SSSR count). The molecule has 0 amide bonds. The van der Waals surface area contributed by atoms with Crippen LogP contribution in [0.5, 0.6) is 0 Å². The number of hydrogen-bond acceptors (Lipinski definition) is 0. The Morgan fingerprint density at radius 2 is 1.07 bits per heavy atom. The van der Waals surface area contributed by atoms with E-state index in [0.717, 1.165) is 6.42 Å². The quantitative estimate of drug-likeness (QED) is 0.442. The van der Waals surface area contributed by atoms with Crippen molar-refractivity contribution in [2.24, 2.45) is 0 Å². The van der Waals surface area contributed by atoms with E-state index >= 15 is 0 Å². The van der Waals surface area contributed by atoms with Crippen LogP contribution in [-0.2, 0) is 19.5 Å². The summed E-state index contributed by atoms with van der Waals surface area (Å²) in [7, 11) is 0. The van der Waals surface area contributed by atoms with E-state index in [4.69, 9.17) is 0 Å². The maximum absolute atomic E-state index is 3.84. The molecule has 0 aliphatic rings. The third kappa shape index (κ3) is 18.6. The molecule has 0 aromatic carbocycles. The summed E-state index contributed by atoms with van der Waals surface area (Å²) in [6.45, 7) is 6.12. The molecule has 0 atom stereocenters. The van der Waals surface area contributed by atoms with Gasteiger partial charge in [-0.1, -0.05) is 78.1 Å². The van der Waals surface area contributed by atoms with Crippen molar-refractivity contribution < 1.29 is 31.9 Å². The van der Waals surface area contributed by atoms with Gasteiger partial charge in [0.2, 0.25) is 0 Å². The zero-order valence-electron chi connectivity index (χ0n) is 9.86. The van der Waals surface area contributed by atoms with Crippen LogP contribution in [0, 0.1) is 6.92 Å². The third-order valence-corrected chi connectivity index (χ3v) is 2.35. The van der Waals surface area contributed by atoms with Gasteiger partial charge in [-0.05, 0) is 0 Å². The molecular weight excluding hydrogens is 245 g/mol. The second-order valence-corrected chi connectivity index (χ2v) is 3.68. The van der Waals surface area contributed by atoms with Crippen molar-refractivity contribution in [3.05, 3.63) is 6.92 Å². The molecule has 0 nitrogen and oxygen atoms in total. The van der Waals surface area contributed by atoms with Crippen LogP contribution in [0.1, 0.15) is 71.1 Å². The van der Waals surface area contributed by atoms with Crippen LogP contribution in [0.25, 0.3) is 0 Å². The van der Waals surface area contributed by atoms with E-state index in [1.54, 1.807) is 0 Å². The number of halogens is 1. The Morgan fingerprint density at radius 3 is 1.43 bits per heavy atom. The van der Waals surface area contributed by atoms with Gasteiger partial charge in [0.05, 0.1) is 0 Å². The van der Waals surface area contributed by atoms with E-state index < -0.39 is 0 Å². The first-order chi connectivity index (χ1) is 5.91. The minimum absolute atomic E-state index is 0. The van der Waals surface area contributed by atoms with Gasteiger partial charge < -0.3 is 12.4 Å². The number of unbranched alkanes of at least 4 members (excludes halogenated alkanes) is 9. The molecular formula is C12H25ClZn-. The summed E-state index contributed by atoms with van der Waals surface area (Å²) in [6, 6.07) is 0. The van der Waals surface area contributed by atoms with Crippen LogP contribution in [0.3, 0.4) is 0 Å². The van der Waals surface area contributed by atoms with Gasteiger partial charge in [-0.15, -0.1) is 0 Å². The molecule has 0 fully saturated rings. The van der Waals surface area contributed by atoms with Crippen LogP contribution in [-0.4, -0.2) is 0 Å². The predicted molar refractivity (Wildman–Crippen MR) is 57.2 cm³/mol. The summed E-state index contributed by atoms with van der Waals surface area (Å²) in [6.07, 6.45) is 13.9. The van der Waals surface area contributed by atoms with Crippen molar-refractivity contribution >= 4 is 0 Å². The van der Waals surface area contributed by atoms with Crippen LogP contribution in [0.15, 0.2) is 0 Å². The molecule has 0 unspecified atom stereocenters. The summed E-state index contributed by atoms with van der Waals surface area (Å²) in [5.74, 6) is 0. The third-order valence-electron chi connectivity index (χ3n) is 2.35. The summed E-state index contributed by atoms with van der Waals surface area (Å²) in [4.78, 5) is 0. The molecule has 0 aliphatic carbocycles. The van der Waals surface area contributed by atoms with Crippen LogP contribution in [0.2, 0.25) is 0 Å². The van der Waals surface area contributed by atoms with E-state index in [1.165, 1.54) is 57.8 Å². The van der Waals surface area contributed by atoms with Gasteiger partial charge in [0.25, 0.3) is 0 Å². The Labute approximate surface area is 110 Å². The molecule has 0 spiro atoms. The van der Waals surface area contributed by atoms with Gasteiger partial charge in [-0.3, -0.25) is 0 Å². The van der Waals surface area contributed by atoms with E-state index in [2.05, 4.69) is 13.8 Å². The molecule has 14 heavy (non-hydrogen) atoms. The minimum Gasteiger partial charge on any atom is -1.00 e. The second kappa shape index (κ2) is 19.5. The Hall–Kier alpha value is 0.913. The first-order valence-corrected chi connectivity index (χ1v) is 5.71. The van der Waals surface area contributed by atoms with Crippen molar-refractivity contribution in [3.8, 4) is 0 Å². The molecule has 0 aromatic heterocycles. The average Bonchev–Trinajstić information content (AvgIpc) is 2.10. The van der Waals surface area contributed by atoms with Crippen LogP contribution < -0.4 is 12.4 Å². The number of hydrogen-bond donors (Lipinski definition) is 0. The molecule has 0 bridgehead atoms. The zero-order chi connectivity index (χ0) is 9.07. The van der Waals surface area contributed by atoms with Crippen molar-refractivity contribution in [1.82, 2.24) is 0 Å². The summed E-state index contributed by atoms with van der Waals surface area (Å²) in [5.41, 5.74) is 0. The van der Waals surface area contributed by atoms with Gasteiger partial charge in [0.1, 0.15) is 0 Å². The minimum atomic E-state index is 0. The molecule has 0 aliphatic heterocycles. The Kier molecular flexibility index (Phi) is 28.3. The van der Waals surface area contributed by atoms with Gasteiger partial charge in [-0.2, -0.15) is 0 Å². The first-order valence-electron chi connectivity index (χ1n) is 5.71. The fraction of sp³-hybridized carbons (Fsp3) is 0.917. The van der Waals surface area contributed by atoms with Crippen LogP contribution >= 0.6 is 0 Å². The smallest absolute Gasteiger partial charge is 0 e. The predicted octanol–water partition coefficient (Wildman–Crippen LogP) is 1.74. The molecule has 83 valence electrons. The molecule has 1 radical (unpaired) electrons. The SMILES string of the molecule is [CH2]CCCCCCCCCCC.[Cl-].[Zn]. The zero-order valence-corrected chi connectivity index (χ0v) is 13.6. The van der Waals surface area contributed by atoms with Gasteiger partial charge in [-0.25, -0.2) is 0 Å². The summed E-state index contributed by atoms with van der Waals surface area (Å²) in [5, 5.41) is 0. The van der Waals surface area contributed by atoms with E-state index in [0.29, 0.717) is 0 Å². The average molecular weight is 270 g/mol. The van der Waals surface area contributed by atoms with Crippen LogP contribution in [0.4, 0.5) is 0 Å². The number of rotatable bonds is 9. The van der Waals surface area contributed by atoms with Crippen molar-refractivity contribution in [2.75, 3.05) is 0 Å². The molecule has 2 heteroatoms. The topological polar surface area (TPSA) is 0 Å². The maximum atomic E-state index is 3.84. The van der Waals surface area contributed by atoms with Crippen molar-refractivity contribution in [3.63, 3.8) is 0 Å². The van der Waals surface area contributed by atoms with Gasteiger partial charge in [0.15, 0.2) is 0 Å². The molecule has 0 N–H and O–H groups in total. The largest absolute Gasteiger partial charge is 1.00 e. The Morgan fingerprint density at radius 1 is 0.714 bits per heavy atom. The fourth-order valence-electron chi connectivity index (χ4n) is 1.49. The van der Waals surface area contributed by atoms with Crippen molar-refractivity contribution in [2.45, 2.75) is 71.1 Å². The molecule has 0 heterocycles. The van der Waals surface area contributed by atoms with E-state index in [9.17, 15) is 0 Å². The van der Waals surface area contributed by atoms with Gasteiger partial charge >= 0.3 is 0 Å². The Balaban J connectivity index is -0.000000605. The molecule has 0 aromatic rings. The monoisotopic (exact) mass is 268 g/mol. The molecule has 0 saturated carbocycles.